The first-order valence-corrected chi connectivity index (χ1v) is 6.37. The van der Waals surface area contributed by atoms with E-state index in [9.17, 15) is 15.0 Å². The summed E-state index contributed by atoms with van der Waals surface area (Å²) < 4.78 is 0. The summed E-state index contributed by atoms with van der Waals surface area (Å²) in [4.78, 5) is 11.5. The van der Waals surface area contributed by atoms with Crippen molar-refractivity contribution in [1.82, 2.24) is 0 Å². The molecule has 0 radical (unpaired) electrons. The summed E-state index contributed by atoms with van der Waals surface area (Å²) >= 11 is 0. The number of rotatable bonds is 4. The molecule has 1 saturated carbocycles. The lowest BCUT2D eigenvalue weighted by Gasteiger charge is -2.47. The van der Waals surface area contributed by atoms with Crippen LogP contribution in [0.2, 0.25) is 0 Å². The van der Waals surface area contributed by atoms with Gasteiger partial charge < -0.3 is 10.2 Å². The van der Waals surface area contributed by atoms with Gasteiger partial charge in [0.05, 0.1) is 11.0 Å². The molecule has 1 rings (SSSR count). The largest absolute Gasteiger partial charge is 0.481 e. The highest BCUT2D eigenvalue weighted by atomic mass is 16.4. The van der Waals surface area contributed by atoms with E-state index in [4.69, 9.17) is 0 Å². The third kappa shape index (κ3) is 1.97. The average Bonchev–Trinajstić information content (AvgIpc) is 2.18. The molecule has 0 aliphatic heterocycles. The summed E-state index contributed by atoms with van der Waals surface area (Å²) in [6, 6.07) is 0. The van der Waals surface area contributed by atoms with Gasteiger partial charge in [-0.25, -0.2) is 0 Å². The first-order chi connectivity index (χ1) is 7.42. The fourth-order valence-electron chi connectivity index (χ4n) is 3.37. The molecule has 1 aliphatic rings. The van der Waals surface area contributed by atoms with E-state index in [1.165, 1.54) is 0 Å². The van der Waals surface area contributed by atoms with Crippen molar-refractivity contribution in [2.45, 2.75) is 64.9 Å². The third-order valence-corrected chi connectivity index (χ3v) is 4.48. The van der Waals surface area contributed by atoms with Crippen molar-refractivity contribution in [3.8, 4) is 0 Å². The molecule has 2 atom stereocenters. The predicted octanol–water partition coefficient (Wildman–Crippen LogP) is 2.82. The molecule has 0 aromatic heterocycles. The van der Waals surface area contributed by atoms with Gasteiger partial charge >= 0.3 is 5.97 Å². The molecular formula is C13H24O3. The second-order valence-electron chi connectivity index (χ2n) is 5.33. The van der Waals surface area contributed by atoms with Crippen LogP contribution in [-0.2, 0) is 4.79 Å². The molecule has 0 bridgehead atoms. The topological polar surface area (TPSA) is 57.5 Å². The second-order valence-corrected chi connectivity index (χ2v) is 5.33. The molecule has 1 aliphatic carbocycles. The van der Waals surface area contributed by atoms with Crippen LogP contribution in [0.5, 0.6) is 0 Å². The number of carbonyl (C=O) groups is 1. The Labute approximate surface area is 97.9 Å². The minimum absolute atomic E-state index is 0.426. The molecule has 2 N–H and O–H groups in total. The predicted molar refractivity (Wildman–Crippen MR) is 63.2 cm³/mol. The quantitative estimate of drug-likeness (QED) is 0.778. The summed E-state index contributed by atoms with van der Waals surface area (Å²) in [5, 5.41) is 20.2. The van der Waals surface area contributed by atoms with Crippen molar-refractivity contribution in [3.05, 3.63) is 0 Å². The van der Waals surface area contributed by atoms with E-state index in [-0.39, 0.29) is 0 Å². The zero-order valence-corrected chi connectivity index (χ0v) is 10.6. The maximum absolute atomic E-state index is 11.5. The Kier molecular flexibility index (Phi) is 4.00. The zero-order chi connectivity index (χ0) is 12.4. The van der Waals surface area contributed by atoms with Gasteiger partial charge in [-0.2, -0.15) is 0 Å². The van der Waals surface area contributed by atoms with Crippen LogP contribution in [0.4, 0.5) is 0 Å². The summed E-state index contributed by atoms with van der Waals surface area (Å²) in [5.41, 5.74) is -1.97. The maximum Gasteiger partial charge on any atom is 0.312 e. The van der Waals surface area contributed by atoms with E-state index in [0.29, 0.717) is 31.6 Å². The van der Waals surface area contributed by atoms with Gasteiger partial charge in [0.15, 0.2) is 0 Å². The lowest BCUT2D eigenvalue weighted by atomic mass is 9.60. The van der Waals surface area contributed by atoms with Gasteiger partial charge in [0.25, 0.3) is 0 Å². The Balaban J connectivity index is 3.04. The second kappa shape index (κ2) is 4.74. The van der Waals surface area contributed by atoms with E-state index in [0.717, 1.165) is 12.8 Å². The van der Waals surface area contributed by atoms with Crippen molar-refractivity contribution in [2.24, 2.45) is 11.3 Å². The van der Waals surface area contributed by atoms with Gasteiger partial charge in [0.2, 0.25) is 0 Å². The minimum atomic E-state index is -1.01. The molecule has 0 aromatic rings. The number of carboxylic acids is 1. The molecule has 1 fully saturated rings. The molecule has 94 valence electrons. The fraction of sp³-hybridized carbons (Fsp3) is 0.923. The summed E-state index contributed by atoms with van der Waals surface area (Å²) in [7, 11) is 0. The molecule has 0 saturated heterocycles. The lowest BCUT2D eigenvalue weighted by molar-refractivity contribution is -0.179. The Bertz CT molecular complexity index is 258. The van der Waals surface area contributed by atoms with Crippen molar-refractivity contribution < 1.29 is 15.0 Å². The highest BCUT2D eigenvalue weighted by molar-refractivity contribution is 5.76. The standard InChI is InChI=1S/C13H24O3/c1-4-12(5-2,11(14)15)13(16)8-6-7-10(3)9-13/h10,16H,4-9H2,1-3H3,(H,14,15). The lowest BCUT2D eigenvalue weighted by Crippen LogP contribution is -2.54. The smallest absolute Gasteiger partial charge is 0.312 e. The van der Waals surface area contributed by atoms with Gasteiger partial charge in [-0.1, -0.05) is 33.6 Å². The van der Waals surface area contributed by atoms with E-state index < -0.39 is 17.0 Å². The van der Waals surface area contributed by atoms with Crippen molar-refractivity contribution in [3.63, 3.8) is 0 Å². The maximum atomic E-state index is 11.5. The molecule has 16 heavy (non-hydrogen) atoms. The Hall–Kier alpha value is -0.570. The normalized spacial score (nSPS) is 31.4. The third-order valence-electron chi connectivity index (χ3n) is 4.48. The molecule has 0 amide bonds. The molecule has 2 unspecified atom stereocenters. The van der Waals surface area contributed by atoms with Crippen molar-refractivity contribution in [2.75, 3.05) is 0 Å². The molecule has 0 spiro atoms. The van der Waals surface area contributed by atoms with Crippen LogP contribution < -0.4 is 0 Å². The first kappa shape index (κ1) is 13.5. The Morgan fingerprint density at radius 1 is 1.44 bits per heavy atom. The highest BCUT2D eigenvalue weighted by Gasteiger charge is 2.54. The van der Waals surface area contributed by atoms with E-state index in [1.54, 1.807) is 0 Å². The molecule has 0 heterocycles. The van der Waals surface area contributed by atoms with Crippen LogP contribution in [0, 0.1) is 11.3 Å². The van der Waals surface area contributed by atoms with Crippen LogP contribution >= 0.6 is 0 Å². The van der Waals surface area contributed by atoms with Crippen molar-refractivity contribution >= 4 is 5.97 Å². The van der Waals surface area contributed by atoms with Crippen molar-refractivity contribution in [1.29, 1.82) is 0 Å². The summed E-state index contributed by atoms with van der Waals surface area (Å²) in [6.45, 7) is 5.84. The van der Waals surface area contributed by atoms with Crippen LogP contribution in [0.25, 0.3) is 0 Å². The molecule has 3 heteroatoms. The Morgan fingerprint density at radius 2 is 2.00 bits per heavy atom. The first-order valence-electron chi connectivity index (χ1n) is 6.37. The monoisotopic (exact) mass is 228 g/mol. The molecular weight excluding hydrogens is 204 g/mol. The number of aliphatic hydroxyl groups is 1. The molecule has 3 nitrogen and oxygen atoms in total. The van der Waals surface area contributed by atoms with Gasteiger partial charge in [-0.3, -0.25) is 4.79 Å². The number of hydrogen-bond acceptors (Lipinski definition) is 2. The number of hydrogen-bond donors (Lipinski definition) is 2. The van der Waals surface area contributed by atoms with E-state index in [2.05, 4.69) is 6.92 Å². The number of aliphatic carboxylic acids is 1. The van der Waals surface area contributed by atoms with Gasteiger partial charge in [0.1, 0.15) is 0 Å². The summed E-state index contributed by atoms with van der Waals surface area (Å²) in [6.07, 6.45) is 4.30. The van der Waals surface area contributed by atoms with Crippen LogP contribution in [0.1, 0.15) is 59.3 Å². The highest BCUT2D eigenvalue weighted by Crippen LogP contribution is 2.48. The summed E-state index contributed by atoms with van der Waals surface area (Å²) in [5.74, 6) is -0.412. The zero-order valence-electron chi connectivity index (χ0n) is 10.6. The van der Waals surface area contributed by atoms with Gasteiger partial charge in [0, 0.05) is 0 Å². The van der Waals surface area contributed by atoms with Crippen LogP contribution in [0.15, 0.2) is 0 Å². The van der Waals surface area contributed by atoms with E-state index in [1.807, 2.05) is 13.8 Å². The average molecular weight is 228 g/mol. The van der Waals surface area contributed by atoms with E-state index >= 15 is 0 Å². The van der Waals surface area contributed by atoms with Gasteiger partial charge in [-0.05, 0) is 31.6 Å². The van der Waals surface area contributed by atoms with Gasteiger partial charge in [-0.15, -0.1) is 0 Å². The van der Waals surface area contributed by atoms with Crippen LogP contribution in [-0.4, -0.2) is 21.8 Å². The number of carboxylic acid groups (broad SMARTS) is 1. The Morgan fingerprint density at radius 3 is 2.38 bits per heavy atom. The SMILES string of the molecule is CCC(CC)(C(=O)O)C1(O)CCCC(C)C1. The fourth-order valence-corrected chi connectivity index (χ4v) is 3.37. The minimum Gasteiger partial charge on any atom is -0.481 e. The molecule has 0 aromatic carbocycles. The van der Waals surface area contributed by atoms with Crippen LogP contribution in [0.3, 0.4) is 0 Å².